The maximum Gasteiger partial charge on any atom is 0.271 e. The van der Waals surface area contributed by atoms with Gasteiger partial charge in [-0.2, -0.15) is 0 Å². The van der Waals surface area contributed by atoms with E-state index in [1.807, 2.05) is 40.8 Å². The smallest absolute Gasteiger partial charge is 0.271 e. The number of nitrogens with zero attached hydrogens (tertiary/aromatic N) is 2. The Balaban J connectivity index is 1.70. The van der Waals surface area contributed by atoms with E-state index in [1.54, 1.807) is 19.2 Å². The number of hydrogen-bond acceptors (Lipinski definition) is 2. The number of benzene rings is 2. The Morgan fingerprint density at radius 2 is 1.89 bits per heavy atom. The van der Waals surface area contributed by atoms with Gasteiger partial charge in [0.15, 0.2) is 0 Å². The van der Waals surface area contributed by atoms with E-state index >= 15 is 0 Å². The molecule has 0 aliphatic carbocycles. The molecule has 2 aromatic carbocycles. The van der Waals surface area contributed by atoms with Crippen molar-refractivity contribution in [3.05, 3.63) is 65.6 Å². The maximum atomic E-state index is 13.4. The van der Waals surface area contributed by atoms with Gasteiger partial charge < -0.3 is 14.2 Å². The summed E-state index contributed by atoms with van der Waals surface area (Å²) in [4.78, 5) is 15.3. The monoisotopic (exact) mass is 366 g/mol. The minimum atomic E-state index is -0.255. The van der Waals surface area contributed by atoms with Gasteiger partial charge in [-0.1, -0.05) is 12.1 Å². The summed E-state index contributed by atoms with van der Waals surface area (Å²) in [5, 5.41) is 1.01. The Morgan fingerprint density at radius 3 is 2.63 bits per heavy atom. The van der Waals surface area contributed by atoms with Gasteiger partial charge in [0.2, 0.25) is 0 Å². The summed E-state index contributed by atoms with van der Waals surface area (Å²) in [5.74, 6) is 0.529. The van der Waals surface area contributed by atoms with Crippen LogP contribution in [0.4, 0.5) is 4.39 Å². The number of amides is 1. The van der Waals surface area contributed by atoms with Crippen molar-refractivity contribution in [3.63, 3.8) is 0 Å². The first-order chi connectivity index (χ1) is 13.1. The minimum absolute atomic E-state index is 0.0144. The fourth-order valence-electron chi connectivity index (χ4n) is 4.00. The molecule has 27 heavy (non-hydrogen) atoms. The van der Waals surface area contributed by atoms with Gasteiger partial charge in [0.05, 0.1) is 18.7 Å². The van der Waals surface area contributed by atoms with Gasteiger partial charge in [-0.15, -0.1) is 0 Å². The van der Waals surface area contributed by atoms with E-state index in [0.29, 0.717) is 12.2 Å². The third kappa shape index (κ3) is 3.18. The molecule has 4 nitrogen and oxygen atoms in total. The summed E-state index contributed by atoms with van der Waals surface area (Å²) in [6.07, 6.45) is 2.95. The number of methoxy groups -OCH3 is 1. The average molecular weight is 366 g/mol. The van der Waals surface area contributed by atoms with Crippen LogP contribution in [0.2, 0.25) is 0 Å². The lowest BCUT2D eigenvalue weighted by atomic mass is 9.95. The second kappa shape index (κ2) is 7.06. The van der Waals surface area contributed by atoms with Crippen molar-refractivity contribution in [2.24, 2.45) is 7.05 Å². The highest BCUT2D eigenvalue weighted by Crippen LogP contribution is 2.33. The van der Waals surface area contributed by atoms with E-state index in [2.05, 4.69) is 0 Å². The number of carbonyl (C=O) groups excluding carboxylic acids is 1. The van der Waals surface area contributed by atoms with Crippen LogP contribution in [0, 0.1) is 5.82 Å². The zero-order chi connectivity index (χ0) is 19.0. The quantitative estimate of drug-likeness (QED) is 0.674. The second-order valence-corrected chi connectivity index (χ2v) is 7.08. The molecule has 1 aliphatic rings. The van der Waals surface area contributed by atoms with Gasteiger partial charge >= 0.3 is 0 Å². The van der Waals surface area contributed by atoms with Crippen LogP contribution in [0.15, 0.2) is 48.5 Å². The fourth-order valence-corrected chi connectivity index (χ4v) is 4.00. The van der Waals surface area contributed by atoms with Crippen LogP contribution >= 0.6 is 0 Å². The number of aromatic nitrogens is 1. The van der Waals surface area contributed by atoms with Crippen LogP contribution in [0.3, 0.4) is 0 Å². The van der Waals surface area contributed by atoms with Gasteiger partial charge in [-0.3, -0.25) is 4.79 Å². The molecule has 1 atom stereocenters. The normalized spacial score (nSPS) is 17.3. The molecular formula is C22H23FN2O2. The molecule has 1 amide bonds. The highest BCUT2D eigenvalue weighted by Gasteiger charge is 2.30. The molecule has 2 heterocycles. The number of rotatable bonds is 3. The molecule has 0 unspecified atom stereocenters. The molecule has 4 rings (SSSR count). The van der Waals surface area contributed by atoms with Gasteiger partial charge in [0.1, 0.15) is 17.3 Å². The van der Waals surface area contributed by atoms with Crippen molar-refractivity contribution in [1.29, 1.82) is 0 Å². The zero-order valence-corrected chi connectivity index (χ0v) is 15.6. The fraction of sp³-hybridized carbons (Fsp3) is 0.318. The van der Waals surface area contributed by atoms with E-state index < -0.39 is 0 Å². The maximum absolute atomic E-state index is 13.4. The average Bonchev–Trinajstić information content (AvgIpc) is 3.04. The molecule has 0 radical (unpaired) electrons. The van der Waals surface area contributed by atoms with E-state index in [-0.39, 0.29) is 17.8 Å². The van der Waals surface area contributed by atoms with Crippen LogP contribution in [0.5, 0.6) is 5.75 Å². The zero-order valence-electron chi connectivity index (χ0n) is 15.6. The largest absolute Gasteiger partial charge is 0.497 e. The number of ether oxygens (including phenoxy) is 1. The SMILES string of the molecule is COc1ccc2cc(C(=O)N3CCCC[C@@H]3c3ccc(F)cc3)n(C)c2c1. The molecular weight excluding hydrogens is 343 g/mol. The predicted molar refractivity (Wildman–Crippen MR) is 103 cm³/mol. The number of hydrogen-bond donors (Lipinski definition) is 0. The molecule has 1 saturated heterocycles. The van der Waals surface area contributed by atoms with E-state index in [1.165, 1.54) is 12.1 Å². The predicted octanol–water partition coefficient (Wildman–Crippen LogP) is 4.69. The van der Waals surface area contributed by atoms with Gasteiger partial charge in [-0.25, -0.2) is 4.39 Å². The number of likely N-dealkylation sites (tertiary alicyclic amines) is 1. The Labute approximate surface area is 158 Å². The van der Waals surface area contributed by atoms with Crippen molar-refractivity contribution < 1.29 is 13.9 Å². The van der Waals surface area contributed by atoms with Gasteiger partial charge in [0.25, 0.3) is 5.91 Å². The summed E-state index contributed by atoms with van der Waals surface area (Å²) in [7, 11) is 3.54. The number of aryl methyl sites for hydroxylation is 1. The number of halogens is 1. The summed E-state index contributed by atoms with van der Waals surface area (Å²) in [6.45, 7) is 0.714. The molecule has 1 aromatic heterocycles. The van der Waals surface area contributed by atoms with Crippen molar-refractivity contribution in [1.82, 2.24) is 9.47 Å². The lowest BCUT2D eigenvalue weighted by Crippen LogP contribution is -2.39. The third-order valence-electron chi connectivity index (χ3n) is 5.49. The first kappa shape index (κ1) is 17.6. The van der Waals surface area contributed by atoms with Gasteiger partial charge in [-0.05, 0) is 55.2 Å². The van der Waals surface area contributed by atoms with Crippen molar-refractivity contribution >= 4 is 16.8 Å². The molecule has 1 fully saturated rings. The number of fused-ring (bicyclic) bond motifs is 1. The molecule has 5 heteroatoms. The summed E-state index contributed by atoms with van der Waals surface area (Å²) >= 11 is 0. The van der Waals surface area contributed by atoms with Crippen LogP contribution in [-0.2, 0) is 7.05 Å². The first-order valence-corrected chi connectivity index (χ1v) is 9.28. The molecule has 1 aliphatic heterocycles. The Bertz CT molecular complexity index is 978. The molecule has 0 N–H and O–H groups in total. The number of carbonyl (C=O) groups is 1. The van der Waals surface area contributed by atoms with Crippen molar-refractivity contribution in [3.8, 4) is 5.75 Å². The first-order valence-electron chi connectivity index (χ1n) is 9.28. The van der Waals surface area contributed by atoms with Crippen LogP contribution in [0.25, 0.3) is 10.9 Å². The molecule has 0 spiro atoms. The van der Waals surface area contributed by atoms with Crippen LogP contribution in [-0.4, -0.2) is 29.0 Å². The molecule has 3 aromatic rings. The second-order valence-electron chi connectivity index (χ2n) is 7.08. The van der Waals surface area contributed by atoms with E-state index in [0.717, 1.165) is 41.5 Å². The van der Waals surface area contributed by atoms with Crippen LogP contribution < -0.4 is 4.74 Å². The van der Waals surface area contributed by atoms with Crippen molar-refractivity contribution in [2.45, 2.75) is 25.3 Å². The van der Waals surface area contributed by atoms with Crippen LogP contribution in [0.1, 0.15) is 41.4 Å². The van der Waals surface area contributed by atoms with Crippen molar-refractivity contribution in [2.75, 3.05) is 13.7 Å². The minimum Gasteiger partial charge on any atom is -0.497 e. The van der Waals surface area contributed by atoms with E-state index in [4.69, 9.17) is 4.74 Å². The molecule has 0 bridgehead atoms. The summed E-state index contributed by atoms with van der Waals surface area (Å²) in [6, 6.07) is 14.3. The Kier molecular flexibility index (Phi) is 4.60. The lowest BCUT2D eigenvalue weighted by molar-refractivity contribution is 0.0602. The summed E-state index contributed by atoms with van der Waals surface area (Å²) < 4.78 is 20.5. The summed E-state index contributed by atoms with van der Waals surface area (Å²) in [5.41, 5.74) is 2.62. The molecule has 0 saturated carbocycles. The molecule has 140 valence electrons. The lowest BCUT2D eigenvalue weighted by Gasteiger charge is -2.36. The van der Waals surface area contributed by atoms with Gasteiger partial charge in [0, 0.05) is 25.0 Å². The third-order valence-corrected chi connectivity index (χ3v) is 5.49. The highest BCUT2D eigenvalue weighted by atomic mass is 19.1. The highest BCUT2D eigenvalue weighted by molar-refractivity contribution is 5.99. The topological polar surface area (TPSA) is 34.5 Å². The Morgan fingerprint density at radius 1 is 1.11 bits per heavy atom. The Hall–Kier alpha value is -2.82. The van der Waals surface area contributed by atoms with E-state index in [9.17, 15) is 9.18 Å². The number of piperidine rings is 1. The standard InChI is InChI=1S/C22H23FN2O2/c1-24-20-14-18(27-2)11-8-16(20)13-21(24)22(26)25-12-4-3-5-19(25)15-6-9-17(23)10-7-15/h6-11,13-14,19H,3-5,12H2,1-2H3/t19-/m1/s1.